The molecule has 0 aliphatic carbocycles. The molecule has 3 N–H and O–H groups in total. The van der Waals surface area contributed by atoms with Gasteiger partial charge in [0.25, 0.3) is 0 Å². The molecule has 0 saturated carbocycles. The van der Waals surface area contributed by atoms with Gasteiger partial charge in [-0.3, -0.25) is 4.79 Å². The summed E-state index contributed by atoms with van der Waals surface area (Å²) in [4.78, 5) is 14.8. The van der Waals surface area contributed by atoms with Gasteiger partial charge in [-0.05, 0) is 56.8 Å². The van der Waals surface area contributed by atoms with Crippen LogP contribution in [0.1, 0.15) is 51.1 Å². The second kappa shape index (κ2) is 13.4. The first-order valence-electron chi connectivity index (χ1n) is 9.38. The van der Waals surface area contributed by atoms with Gasteiger partial charge < -0.3 is 16.0 Å². The summed E-state index contributed by atoms with van der Waals surface area (Å²) in [5.41, 5.74) is 7.22. The number of nitrogens with two attached hydrogens (primary N) is 1. The van der Waals surface area contributed by atoms with E-state index in [0.29, 0.717) is 0 Å². The Kier molecular flexibility index (Phi) is 13.0. The third kappa shape index (κ3) is 8.26. The highest BCUT2D eigenvalue weighted by Gasteiger charge is 2.21. The molecule has 2 rings (SSSR count). The number of hydrogen-bond donors (Lipinski definition) is 2. The summed E-state index contributed by atoms with van der Waals surface area (Å²) in [5.74, 6) is 0.727. The van der Waals surface area contributed by atoms with Crippen LogP contribution < -0.4 is 11.1 Å². The minimum absolute atomic E-state index is 0. The molecule has 1 saturated heterocycles. The molecule has 1 aliphatic rings. The van der Waals surface area contributed by atoms with E-state index >= 15 is 0 Å². The largest absolute Gasteiger partial charge is 0.356 e. The van der Waals surface area contributed by atoms with Gasteiger partial charge in [0.05, 0.1) is 5.92 Å². The molecule has 0 aromatic heterocycles. The van der Waals surface area contributed by atoms with Crippen molar-refractivity contribution in [2.75, 3.05) is 26.2 Å². The van der Waals surface area contributed by atoms with Crippen molar-refractivity contribution in [3.05, 3.63) is 35.9 Å². The number of hydrogen-bond acceptors (Lipinski definition) is 3. The summed E-state index contributed by atoms with van der Waals surface area (Å²) >= 11 is 0. The molecule has 150 valence electrons. The lowest BCUT2D eigenvalue weighted by molar-refractivity contribution is -0.125. The molecule has 6 heteroatoms. The number of rotatable bonds is 8. The van der Waals surface area contributed by atoms with E-state index in [2.05, 4.69) is 17.1 Å². The number of nitrogens with one attached hydrogen (secondary N) is 1. The van der Waals surface area contributed by atoms with Crippen LogP contribution in [-0.4, -0.2) is 37.0 Å². The first-order chi connectivity index (χ1) is 11.6. The van der Waals surface area contributed by atoms with Crippen LogP contribution in [0.3, 0.4) is 0 Å². The van der Waals surface area contributed by atoms with Gasteiger partial charge in [0, 0.05) is 12.6 Å². The van der Waals surface area contributed by atoms with Gasteiger partial charge in [-0.2, -0.15) is 0 Å². The van der Waals surface area contributed by atoms with E-state index in [1.807, 2.05) is 37.3 Å². The van der Waals surface area contributed by atoms with Crippen molar-refractivity contribution in [1.82, 2.24) is 10.2 Å². The van der Waals surface area contributed by atoms with Crippen molar-refractivity contribution in [2.24, 2.45) is 17.6 Å². The van der Waals surface area contributed by atoms with Gasteiger partial charge in [-0.15, -0.1) is 24.8 Å². The zero-order valence-electron chi connectivity index (χ0n) is 16.0. The van der Waals surface area contributed by atoms with Crippen molar-refractivity contribution in [3.8, 4) is 0 Å². The number of carbonyl (C=O) groups excluding carboxylic acids is 1. The highest BCUT2D eigenvalue weighted by molar-refractivity contribution is 5.85. The lowest BCUT2D eigenvalue weighted by Gasteiger charge is -2.30. The van der Waals surface area contributed by atoms with Crippen LogP contribution in [0.15, 0.2) is 30.3 Å². The van der Waals surface area contributed by atoms with Gasteiger partial charge in [0.15, 0.2) is 0 Å². The highest BCUT2D eigenvalue weighted by atomic mass is 35.5. The zero-order valence-corrected chi connectivity index (χ0v) is 17.7. The smallest absolute Gasteiger partial charge is 0.224 e. The minimum atomic E-state index is -0.249. The molecular weight excluding hydrogens is 369 g/mol. The monoisotopic (exact) mass is 403 g/mol. The van der Waals surface area contributed by atoms with Crippen LogP contribution in [0.5, 0.6) is 0 Å². The Balaban J connectivity index is 0.00000312. The van der Waals surface area contributed by atoms with Crippen LogP contribution in [0, 0.1) is 11.8 Å². The first kappa shape index (κ1) is 25.2. The Morgan fingerprint density at radius 1 is 1.19 bits per heavy atom. The Hall–Kier alpha value is -0.810. The number of benzene rings is 1. The lowest BCUT2D eigenvalue weighted by Crippen LogP contribution is -2.36. The number of nitrogens with zero attached hydrogens (tertiary/aromatic N) is 1. The first-order valence-corrected chi connectivity index (χ1v) is 9.38. The van der Waals surface area contributed by atoms with Crippen molar-refractivity contribution >= 4 is 30.7 Å². The van der Waals surface area contributed by atoms with Gasteiger partial charge in [0.2, 0.25) is 5.91 Å². The molecule has 2 atom stereocenters. The second-order valence-electron chi connectivity index (χ2n) is 7.25. The van der Waals surface area contributed by atoms with Gasteiger partial charge in [-0.25, -0.2) is 0 Å². The number of unbranched alkanes of at least 4 members (excludes halogenated alkanes) is 1. The molecule has 1 aromatic rings. The molecule has 1 heterocycles. The number of likely N-dealkylation sites (tertiary alicyclic amines) is 1. The summed E-state index contributed by atoms with van der Waals surface area (Å²) in [6.07, 6.45) is 4.83. The standard InChI is InChI=1S/C20H33N3O.2ClH/c1-16-10-14-23(15-11-16)13-7-6-12-22-20(24)17(2)19(21)18-8-4-3-5-9-18;;/h3-5,8-9,16-17,19H,6-7,10-15,21H2,1-2H3,(H,22,24);2*1H. The molecule has 1 amide bonds. The fourth-order valence-electron chi connectivity index (χ4n) is 3.25. The van der Waals surface area contributed by atoms with Crippen molar-refractivity contribution in [3.63, 3.8) is 0 Å². The maximum atomic E-state index is 12.3. The number of halogens is 2. The molecule has 4 nitrogen and oxygen atoms in total. The SMILES string of the molecule is CC1CCN(CCCCNC(=O)C(C)C(N)c2ccccc2)CC1.Cl.Cl. The molecule has 0 radical (unpaired) electrons. The summed E-state index contributed by atoms with van der Waals surface area (Å²) in [6.45, 7) is 8.61. The van der Waals surface area contributed by atoms with Crippen LogP contribution in [-0.2, 0) is 4.79 Å². The Bertz CT molecular complexity index is 493. The van der Waals surface area contributed by atoms with Crippen LogP contribution >= 0.6 is 24.8 Å². The topological polar surface area (TPSA) is 58.4 Å². The number of piperidine rings is 1. The average Bonchev–Trinajstić information content (AvgIpc) is 2.62. The van der Waals surface area contributed by atoms with E-state index in [-0.39, 0.29) is 42.7 Å². The molecule has 1 aromatic carbocycles. The van der Waals surface area contributed by atoms with E-state index in [4.69, 9.17) is 5.73 Å². The molecule has 26 heavy (non-hydrogen) atoms. The second-order valence-corrected chi connectivity index (χ2v) is 7.25. The van der Waals surface area contributed by atoms with E-state index in [1.165, 1.54) is 25.9 Å². The predicted molar refractivity (Wildman–Crippen MR) is 114 cm³/mol. The fraction of sp³-hybridized carbons (Fsp3) is 0.650. The molecule has 1 fully saturated rings. The summed E-state index contributed by atoms with van der Waals surface area (Å²) in [7, 11) is 0. The molecule has 1 aliphatic heterocycles. The van der Waals surface area contributed by atoms with Gasteiger partial charge >= 0.3 is 0 Å². The molecule has 0 spiro atoms. The van der Waals surface area contributed by atoms with E-state index in [1.54, 1.807) is 0 Å². The van der Waals surface area contributed by atoms with Crippen molar-refractivity contribution < 1.29 is 4.79 Å². The van der Waals surface area contributed by atoms with E-state index in [0.717, 1.165) is 37.4 Å². The molecule has 0 bridgehead atoms. The Labute approximate surface area is 171 Å². The number of amides is 1. The third-order valence-electron chi connectivity index (χ3n) is 5.21. The van der Waals surface area contributed by atoms with Gasteiger partial charge in [0.1, 0.15) is 0 Å². The summed E-state index contributed by atoms with van der Waals surface area (Å²) < 4.78 is 0. The fourth-order valence-corrected chi connectivity index (χ4v) is 3.25. The highest BCUT2D eigenvalue weighted by Crippen LogP contribution is 2.19. The summed E-state index contributed by atoms with van der Waals surface area (Å²) in [5, 5.41) is 3.04. The third-order valence-corrected chi connectivity index (χ3v) is 5.21. The quantitative estimate of drug-likeness (QED) is 0.648. The molecular formula is C20H35Cl2N3O. The molecule has 2 unspecified atom stereocenters. The van der Waals surface area contributed by atoms with Crippen LogP contribution in [0.25, 0.3) is 0 Å². The van der Waals surface area contributed by atoms with Crippen molar-refractivity contribution in [1.29, 1.82) is 0 Å². The lowest BCUT2D eigenvalue weighted by atomic mass is 9.94. The normalized spacial score (nSPS) is 17.5. The Morgan fingerprint density at radius 2 is 1.81 bits per heavy atom. The number of carbonyl (C=O) groups is 1. The van der Waals surface area contributed by atoms with Crippen LogP contribution in [0.2, 0.25) is 0 Å². The minimum Gasteiger partial charge on any atom is -0.356 e. The Morgan fingerprint density at radius 3 is 2.42 bits per heavy atom. The van der Waals surface area contributed by atoms with Crippen LogP contribution in [0.4, 0.5) is 0 Å². The van der Waals surface area contributed by atoms with E-state index in [9.17, 15) is 4.79 Å². The summed E-state index contributed by atoms with van der Waals surface area (Å²) in [6, 6.07) is 9.59. The zero-order chi connectivity index (χ0) is 17.4. The van der Waals surface area contributed by atoms with E-state index < -0.39 is 0 Å². The maximum absolute atomic E-state index is 12.3. The van der Waals surface area contributed by atoms with Crippen molar-refractivity contribution in [2.45, 2.75) is 45.6 Å². The average molecular weight is 404 g/mol. The van der Waals surface area contributed by atoms with Gasteiger partial charge in [-0.1, -0.05) is 44.2 Å². The predicted octanol–water partition coefficient (Wildman–Crippen LogP) is 3.79. The maximum Gasteiger partial charge on any atom is 0.224 e.